The number of nitrogens with zero attached hydrogens (tertiary/aromatic N) is 1. The molecule has 0 saturated heterocycles. The largest absolute Gasteiger partial charge is 0.290 e. The zero-order chi connectivity index (χ0) is 11.7. The van der Waals surface area contributed by atoms with Gasteiger partial charge in [0.25, 0.3) is 0 Å². The first-order chi connectivity index (χ1) is 8.40. The van der Waals surface area contributed by atoms with Crippen LogP contribution in [0.25, 0.3) is 17.2 Å². The molecule has 1 heterocycles. The summed E-state index contributed by atoms with van der Waals surface area (Å²) in [6.45, 7) is 0. The number of fused-ring (bicyclic) bond motifs is 3. The molecule has 1 aliphatic rings. The van der Waals surface area contributed by atoms with Crippen LogP contribution in [0.5, 0.6) is 0 Å². The van der Waals surface area contributed by atoms with Crippen LogP contribution in [-0.4, -0.2) is 6.41 Å². The minimum Gasteiger partial charge on any atom is -0.290 e. The molecular formula is C15H11NO. The van der Waals surface area contributed by atoms with Gasteiger partial charge in [-0.15, -0.1) is 0 Å². The molecule has 0 saturated carbocycles. The van der Waals surface area contributed by atoms with E-state index in [1.807, 2.05) is 42.5 Å². The summed E-state index contributed by atoms with van der Waals surface area (Å²) in [5, 5.41) is 0. The first-order valence-corrected chi connectivity index (χ1v) is 5.50. The summed E-state index contributed by atoms with van der Waals surface area (Å²) in [4.78, 5) is 12.7. The van der Waals surface area contributed by atoms with E-state index < -0.39 is 0 Å². The maximum Gasteiger partial charge on any atom is 0.218 e. The first-order valence-electron chi connectivity index (χ1n) is 5.50. The lowest BCUT2D eigenvalue weighted by Crippen LogP contribution is -2.12. The fourth-order valence-corrected chi connectivity index (χ4v) is 2.15. The number of hydrogen-bond acceptors (Lipinski definition) is 1. The van der Waals surface area contributed by atoms with E-state index in [1.54, 1.807) is 11.1 Å². The molecule has 1 amide bonds. The van der Waals surface area contributed by atoms with E-state index in [1.165, 1.54) is 0 Å². The van der Waals surface area contributed by atoms with Crippen molar-refractivity contribution in [2.24, 2.45) is 0 Å². The van der Waals surface area contributed by atoms with E-state index in [2.05, 4.69) is 12.1 Å². The number of amides is 1. The molecule has 82 valence electrons. The smallest absolute Gasteiger partial charge is 0.218 e. The first kappa shape index (κ1) is 9.85. The molecule has 0 aliphatic carbocycles. The van der Waals surface area contributed by atoms with E-state index in [4.69, 9.17) is 0 Å². The maximum absolute atomic E-state index is 11.1. The molecule has 0 unspecified atom stereocenters. The van der Waals surface area contributed by atoms with Gasteiger partial charge in [-0.05, 0) is 23.3 Å². The lowest BCUT2D eigenvalue weighted by molar-refractivity contribution is -0.106. The van der Waals surface area contributed by atoms with Crippen LogP contribution in [0.15, 0.2) is 54.7 Å². The second kappa shape index (κ2) is 3.91. The van der Waals surface area contributed by atoms with E-state index in [-0.39, 0.29) is 0 Å². The highest BCUT2D eigenvalue weighted by atomic mass is 16.1. The summed E-state index contributed by atoms with van der Waals surface area (Å²) >= 11 is 0. The topological polar surface area (TPSA) is 20.3 Å². The summed E-state index contributed by atoms with van der Waals surface area (Å²) in [7, 11) is 0. The second-order valence-corrected chi connectivity index (χ2v) is 3.93. The number of carbonyl (C=O) groups excluding carboxylic acids is 1. The van der Waals surface area contributed by atoms with Crippen LogP contribution in [-0.2, 0) is 4.79 Å². The summed E-state index contributed by atoms with van der Waals surface area (Å²) in [6.07, 6.45) is 4.60. The fraction of sp³-hybridized carbons (Fsp3) is 0. The zero-order valence-corrected chi connectivity index (χ0v) is 9.21. The van der Waals surface area contributed by atoms with Gasteiger partial charge in [-0.3, -0.25) is 9.69 Å². The molecule has 2 nitrogen and oxygen atoms in total. The molecule has 0 fully saturated rings. The van der Waals surface area contributed by atoms with Crippen molar-refractivity contribution in [1.82, 2.24) is 0 Å². The Kier molecular flexibility index (Phi) is 2.26. The van der Waals surface area contributed by atoms with Crippen LogP contribution in [0.2, 0.25) is 0 Å². The average molecular weight is 221 g/mol. The van der Waals surface area contributed by atoms with Gasteiger partial charge >= 0.3 is 0 Å². The molecule has 3 rings (SSSR count). The zero-order valence-electron chi connectivity index (χ0n) is 9.21. The predicted molar refractivity (Wildman–Crippen MR) is 69.5 cm³/mol. The van der Waals surface area contributed by atoms with E-state index in [0.717, 1.165) is 28.8 Å². The molecule has 0 N–H and O–H groups in total. The van der Waals surface area contributed by atoms with Crippen LogP contribution in [0.4, 0.5) is 5.69 Å². The van der Waals surface area contributed by atoms with Gasteiger partial charge in [0.2, 0.25) is 6.41 Å². The van der Waals surface area contributed by atoms with Crippen molar-refractivity contribution in [1.29, 1.82) is 0 Å². The van der Waals surface area contributed by atoms with E-state index in [0.29, 0.717) is 0 Å². The minimum absolute atomic E-state index is 0.835. The highest BCUT2D eigenvalue weighted by Crippen LogP contribution is 2.35. The van der Waals surface area contributed by atoms with Gasteiger partial charge in [0, 0.05) is 11.8 Å². The Morgan fingerprint density at radius 2 is 1.59 bits per heavy atom. The monoisotopic (exact) mass is 221 g/mol. The molecular weight excluding hydrogens is 210 g/mol. The quantitative estimate of drug-likeness (QED) is 0.676. The van der Waals surface area contributed by atoms with Crippen LogP contribution in [0.3, 0.4) is 0 Å². The van der Waals surface area contributed by atoms with Crippen LogP contribution in [0, 0.1) is 0 Å². The number of rotatable bonds is 1. The molecule has 0 bridgehead atoms. The van der Waals surface area contributed by atoms with Gasteiger partial charge in [0.1, 0.15) is 0 Å². The average Bonchev–Trinajstić information content (AvgIpc) is 2.56. The summed E-state index contributed by atoms with van der Waals surface area (Å²) in [6, 6.07) is 16.1. The fourth-order valence-electron chi connectivity index (χ4n) is 2.15. The van der Waals surface area contributed by atoms with Crippen molar-refractivity contribution in [3.8, 4) is 11.1 Å². The molecule has 1 aliphatic heterocycles. The molecule has 0 spiro atoms. The lowest BCUT2D eigenvalue weighted by Gasteiger charge is -2.14. The van der Waals surface area contributed by atoms with Crippen LogP contribution in [0.1, 0.15) is 5.56 Å². The Hall–Kier alpha value is -2.35. The summed E-state index contributed by atoms with van der Waals surface area (Å²) in [5.41, 5.74) is 4.29. The van der Waals surface area contributed by atoms with Crippen molar-refractivity contribution in [2.75, 3.05) is 4.90 Å². The van der Waals surface area contributed by atoms with Crippen molar-refractivity contribution in [3.63, 3.8) is 0 Å². The summed E-state index contributed by atoms with van der Waals surface area (Å²) < 4.78 is 0. The van der Waals surface area contributed by atoms with Gasteiger partial charge in [-0.2, -0.15) is 0 Å². The van der Waals surface area contributed by atoms with Crippen molar-refractivity contribution < 1.29 is 4.79 Å². The van der Waals surface area contributed by atoms with Gasteiger partial charge in [-0.1, -0.05) is 42.5 Å². The normalized spacial score (nSPS) is 12.6. The number of hydrogen-bond donors (Lipinski definition) is 0. The third kappa shape index (κ3) is 1.54. The SMILES string of the molecule is O=CN1C=Cc2ccccc2-c2ccccc21. The predicted octanol–water partition coefficient (Wildman–Crippen LogP) is 3.30. The Morgan fingerprint density at radius 1 is 0.882 bits per heavy atom. The highest BCUT2D eigenvalue weighted by molar-refractivity contribution is 5.94. The Morgan fingerprint density at radius 3 is 2.41 bits per heavy atom. The number of para-hydroxylation sites is 1. The van der Waals surface area contributed by atoms with Crippen LogP contribution >= 0.6 is 0 Å². The van der Waals surface area contributed by atoms with Gasteiger partial charge < -0.3 is 0 Å². The third-order valence-electron chi connectivity index (χ3n) is 2.96. The van der Waals surface area contributed by atoms with Gasteiger partial charge in [0.05, 0.1) is 5.69 Å². The second-order valence-electron chi connectivity index (χ2n) is 3.93. The van der Waals surface area contributed by atoms with Crippen molar-refractivity contribution in [3.05, 3.63) is 60.3 Å². The lowest BCUT2D eigenvalue weighted by atomic mass is 9.99. The minimum atomic E-state index is 0.835. The standard InChI is InChI=1S/C15H11NO/c17-11-16-10-9-12-5-1-2-6-13(12)14-7-3-4-8-15(14)16/h1-11H. The number of benzene rings is 2. The Labute approximate surface area is 99.8 Å². The molecule has 2 aromatic carbocycles. The Bertz CT molecular complexity index is 601. The van der Waals surface area contributed by atoms with Crippen LogP contribution < -0.4 is 4.90 Å². The molecule has 2 heteroatoms. The number of anilines is 1. The molecule has 0 atom stereocenters. The molecule has 0 radical (unpaired) electrons. The van der Waals surface area contributed by atoms with E-state index in [9.17, 15) is 4.79 Å². The molecule has 0 aromatic heterocycles. The highest BCUT2D eigenvalue weighted by Gasteiger charge is 2.14. The van der Waals surface area contributed by atoms with Gasteiger partial charge in [0.15, 0.2) is 0 Å². The summed E-state index contributed by atoms with van der Waals surface area (Å²) in [5.74, 6) is 0. The van der Waals surface area contributed by atoms with Crippen molar-refractivity contribution >= 4 is 18.2 Å². The molecule has 17 heavy (non-hydrogen) atoms. The molecule has 2 aromatic rings. The third-order valence-corrected chi connectivity index (χ3v) is 2.96. The maximum atomic E-state index is 11.1. The Balaban J connectivity index is 2.33. The van der Waals surface area contributed by atoms with Crippen molar-refractivity contribution in [2.45, 2.75) is 0 Å². The number of carbonyl (C=O) groups is 1. The van der Waals surface area contributed by atoms with Gasteiger partial charge in [-0.25, -0.2) is 0 Å². The van der Waals surface area contributed by atoms with E-state index >= 15 is 0 Å².